The molecule has 25 heavy (non-hydrogen) atoms. The first-order chi connectivity index (χ1) is 12.2. The topological polar surface area (TPSA) is 52.5 Å². The molecular formula is C20H20N4S. The van der Waals surface area contributed by atoms with E-state index in [-0.39, 0.29) is 11.3 Å². The zero-order valence-electron chi connectivity index (χ0n) is 14.2. The fraction of sp³-hybridized carbons (Fsp3) is 0.200. The molecule has 126 valence electrons. The lowest BCUT2D eigenvalue weighted by atomic mass is 10.0. The maximum absolute atomic E-state index is 4.71. The van der Waals surface area contributed by atoms with Crippen molar-refractivity contribution >= 4 is 33.5 Å². The highest BCUT2D eigenvalue weighted by atomic mass is 32.2. The van der Waals surface area contributed by atoms with Gasteiger partial charge in [-0.2, -0.15) is 5.10 Å². The van der Waals surface area contributed by atoms with Gasteiger partial charge in [-0.1, -0.05) is 60.3 Å². The Hall–Kier alpha value is -2.53. The molecule has 0 saturated heterocycles. The highest BCUT2D eigenvalue weighted by Crippen LogP contribution is 2.37. The van der Waals surface area contributed by atoms with Gasteiger partial charge in [-0.05, 0) is 25.5 Å². The Morgan fingerprint density at radius 1 is 1.04 bits per heavy atom. The van der Waals surface area contributed by atoms with E-state index in [9.17, 15) is 0 Å². The van der Waals surface area contributed by atoms with Crippen molar-refractivity contribution in [1.82, 2.24) is 10.4 Å². The van der Waals surface area contributed by atoms with Gasteiger partial charge in [0.25, 0.3) is 0 Å². The van der Waals surface area contributed by atoms with Gasteiger partial charge in [0.1, 0.15) is 0 Å². The first kappa shape index (κ1) is 16.0. The van der Waals surface area contributed by atoms with Gasteiger partial charge in [0.05, 0.1) is 11.0 Å². The number of thioether (sulfide) groups is 1. The summed E-state index contributed by atoms with van der Waals surface area (Å²) >= 11 is 1.72. The third-order valence-electron chi connectivity index (χ3n) is 4.09. The Balaban J connectivity index is 1.82. The summed E-state index contributed by atoms with van der Waals surface area (Å²) in [5.41, 5.74) is 7.65. The molecule has 3 aromatic rings. The highest BCUT2D eigenvalue weighted by molar-refractivity contribution is 8.14. The molecule has 1 atom stereocenters. The molecule has 0 saturated carbocycles. The molecule has 0 radical (unpaired) electrons. The van der Waals surface area contributed by atoms with E-state index < -0.39 is 0 Å². The Morgan fingerprint density at radius 2 is 1.80 bits per heavy atom. The molecule has 0 aliphatic carbocycles. The van der Waals surface area contributed by atoms with Crippen LogP contribution in [0.2, 0.25) is 0 Å². The maximum Gasteiger partial charge on any atom is 0.178 e. The summed E-state index contributed by atoms with van der Waals surface area (Å²) in [4.78, 5) is 8.00. The van der Waals surface area contributed by atoms with E-state index in [4.69, 9.17) is 5.10 Å². The van der Waals surface area contributed by atoms with E-state index in [1.807, 2.05) is 18.3 Å². The van der Waals surface area contributed by atoms with E-state index in [2.05, 4.69) is 71.7 Å². The third kappa shape index (κ3) is 3.20. The summed E-state index contributed by atoms with van der Waals surface area (Å²) in [6.45, 7) is 4.15. The summed E-state index contributed by atoms with van der Waals surface area (Å²) in [5.74, 6) is 0. The first-order valence-electron chi connectivity index (χ1n) is 8.42. The van der Waals surface area contributed by atoms with Crippen molar-refractivity contribution < 1.29 is 0 Å². The van der Waals surface area contributed by atoms with Gasteiger partial charge < -0.3 is 4.98 Å². The number of amidine groups is 1. The normalized spacial score (nSPS) is 19.2. The van der Waals surface area contributed by atoms with Crippen molar-refractivity contribution in [1.29, 1.82) is 0 Å². The molecule has 2 N–H and O–H groups in total. The van der Waals surface area contributed by atoms with E-state index >= 15 is 0 Å². The number of hydrazone groups is 1. The van der Waals surface area contributed by atoms with Crippen molar-refractivity contribution in [3.8, 4) is 0 Å². The van der Waals surface area contributed by atoms with Gasteiger partial charge in [-0.15, -0.1) is 0 Å². The molecule has 1 aliphatic heterocycles. The number of nitrogens with zero attached hydrogens (tertiary/aromatic N) is 2. The Bertz CT molecular complexity index is 940. The van der Waals surface area contributed by atoms with E-state index in [0.29, 0.717) is 0 Å². The molecule has 4 nitrogen and oxygen atoms in total. The van der Waals surface area contributed by atoms with Crippen molar-refractivity contribution in [2.24, 2.45) is 10.1 Å². The molecule has 0 fully saturated rings. The van der Waals surface area contributed by atoms with Crippen molar-refractivity contribution in [3.05, 3.63) is 71.9 Å². The fourth-order valence-electron chi connectivity index (χ4n) is 2.99. The number of para-hydroxylation sites is 1. The molecule has 2 aromatic carbocycles. The Kier molecular flexibility index (Phi) is 4.32. The van der Waals surface area contributed by atoms with Gasteiger partial charge in [-0.25, -0.2) is 0 Å². The minimum Gasteiger partial charge on any atom is -0.360 e. The minimum atomic E-state index is 0.110. The van der Waals surface area contributed by atoms with Crippen molar-refractivity contribution in [2.75, 3.05) is 0 Å². The van der Waals surface area contributed by atoms with Crippen LogP contribution in [0, 0.1) is 0 Å². The van der Waals surface area contributed by atoms with Crippen molar-refractivity contribution in [3.63, 3.8) is 0 Å². The molecule has 1 aromatic heterocycles. The van der Waals surface area contributed by atoms with Gasteiger partial charge in [0.15, 0.2) is 5.17 Å². The molecule has 0 spiro atoms. The van der Waals surface area contributed by atoms with Crippen LogP contribution in [0.5, 0.6) is 0 Å². The maximum atomic E-state index is 4.71. The van der Waals surface area contributed by atoms with E-state index in [0.717, 1.165) is 22.0 Å². The largest absolute Gasteiger partial charge is 0.360 e. The quantitative estimate of drug-likeness (QED) is 0.720. The molecule has 0 bridgehead atoms. The average Bonchev–Trinajstić information content (AvgIpc) is 3.06. The lowest BCUT2D eigenvalue weighted by molar-refractivity contribution is 0.825. The number of fused-ring (bicyclic) bond motifs is 1. The number of H-pyrrole nitrogens is 1. The highest BCUT2D eigenvalue weighted by Gasteiger charge is 2.28. The molecule has 0 amide bonds. The first-order valence-corrected chi connectivity index (χ1v) is 9.30. The number of rotatable bonds is 3. The predicted octanol–water partition coefficient (Wildman–Crippen LogP) is 4.71. The standard InChI is InChI=1S/C20H20N4S/c1-13(2)22-20-24-23-18(19(25-20)14-8-4-3-5-9-14)16-12-21-17-11-7-6-10-15(16)17/h3-13,19,21H,1-2H3,(H,22,24)/t19-/m0/s1. The van der Waals surface area contributed by atoms with Crippen LogP contribution in [0.1, 0.15) is 30.2 Å². The molecule has 4 rings (SSSR count). The SMILES string of the molecule is CC(C)N=C1NN=C(c2c[nH]c3ccccc23)[C@H](c2ccccc2)S1. The number of hydrogen-bond acceptors (Lipinski definition) is 3. The van der Waals surface area contributed by atoms with Crippen LogP contribution in [0.3, 0.4) is 0 Å². The van der Waals surface area contributed by atoms with Crippen LogP contribution in [-0.2, 0) is 0 Å². The average molecular weight is 348 g/mol. The van der Waals surface area contributed by atoms with Gasteiger partial charge in [-0.3, -0.25) is 10.4 Å². The van der Waals surface area contributed by atoms with Gasteiger partial charge in [0, 0.05) is 28.7 Å². The van der Waals surface area contributed by atoms with E-state index in [1.54, 1.807) is 11.8 Å². The summed E-state index contributed by atoms with van der Waals surface area (Å²) in [5, 5.41) is 6.88. The lowest BCUT2D eigenvalue weighted by Gasteiger charge is -2.25. The second-order valence-electron chi connectivity index (χ2n) is 6.29. The lowest BCUT2D eigenvalue weighted by Crippen LogP contribution is -2.28. The number of aromatic amines is 1. The molecular weight excluding hydrogens is 328 g/mol. The monoisotopic (exact) mass is 348 g/mol. The number of aromatic nitrogens is 1. The van der Waals surface area contributed by atoms with Crippen LogP contribution in [0.4, 0.5) is 0 Å². The van der Waals surface area contributed by atoms with Crippen LogP contribution in [0.25, 0.3) is 10.9 Å². The number of hydrogen-bond donors (Lipinski definition) is 2. The minimum absolute atomic E-state index is 0.110. The summed E-state index contributed by atoms with van der Waals surface area (Å²) in [7, 11) is 0. The van der Waals surface area contributed by atoms with Gasteiger partial charge >= 0.3 is 0 Å². The van der Waals surface area contributed by atoms with E-state index in [1.165, 1.54) is 10.9 Å². The zero-order valence-corrected chi connectivity index (χ0v) is 15.0. The third-order valence-corrected chi connectivity index (χ3v) is 5.24. The summed E-state index contributed by atoms with van der Waals surface area (Å²) in [6, 6.07) is 19.1. The second kappa shape index (κ2) is 6.76. The Labute approximate surface area is 151 Å². The van der Waals surface area contributed by atoms with Gasteiger partial charge in [0.2, 0.25) is 0 Å². The smallest absolute Gasteiger partial charge is 0.178 e. The zero-order chi connectivity index (χ0) is 17.2. The number of benzene rings is 2. The summed E-state index contributed by atoms with van der Waals surface area (Å²) in [6.07, 6.45) is 2.05. The Morgan fingerprint density at radius 3 is 2.60 bits per heavy atom. The van der Waals surface area contributed by atoms with Crippen LogP contribution < -0.4 is 5.43 Å². The molecule has 2 heterocycles. The van der Waals surface area contributed by atoms with Crippen LogP contribution in [0.15, 0.2) is 70.9 Å². The molecule has 5 heteroatoms. The van der Waals surface area contributed by atoms with Crippen LogP contribution in [-0.4, -0.2) is 21.9 Å². The van der Waals surface area contributed by atoms with Crippen LogP contribution >= 0.6 is 11.8 Å². The van der Waals surface area contributed by atoms with Crippen molar-refractivity contribution in [2.45, 2.75) is 25.1 Å². The fourth-order valence-corrected chi connectivity index (χ4v) is 4.17. The predicted molar refractivity (Wildman–Crippen MR) is 107 cm³/mol. The molecule has 1 aliphatic rings. The molecule has 0 unspecified atom stereocenters. The second-order valence-corrected chi connectivity index (χ2v) is 7.39. The summed E-state index contributed by atoms with van der Waals surface area (Å²) < 4.78 is 0. The number of aliphatic imine (C=N–C) groups is 1. The number of nitrogens with one attached hydrogen (secondary N) is 2.